The number of hydrogen-bond donors (Lipinski definition) is 0. The molecule has 0 saturated carbocycles. The minimum Gasteiger partial charge on any atom is -0.496 e. The Kier molecular flexibility index (Phi) is 3.95. The van der Waals surface area contributed by atoms with Crippen LogP contribution in [0.15, 0.2) is 17.9 Å². The SMILES string of the molecule is COC1=C[C@]2(C[C@@H](C)C1=O)Oc1c(Cl)c(OC)cc(OC)c1C2=O. The summed E-state index contributed by atoms with van der Waals surface area (Å²) in [6.45, 7) is 1.73. The summed E-state index contributed by atoms with van der Waals surface area (Å²) >= 11 is 6.31. The number of ketones is 2. The fourth-order valence-corrected chi connectivity index (χ4v) is 3.43. The number of carbonyl (C=O) groups excluding carboxylic acids is 2. The van der Waals surface area contributed by atoms with Crippen LogP contribution in [0.2, 0.25) is 5.02 Å². The van der Waals surface area contributed by atoms with E-state index in [4.69, 9.17) is 30.5 Å². The number of allylic oxidation sites excluding steroid dienone is 1. The van der Waals surface area contributed by atoms with Gasteiger partial charge in [0.1, 0.15) is 22.1 Å². The molecule has 1 aliphatic carbocycles. The van der Waals surface area contributed by atoms with Crippen LogP contribution in [0.25, 0.3) is 0 Å². The molecule has 3 rings (SSSR count). The molecule has 0 unspecified atom stereocenters. The average Bonchev–Trinajstić information content (AvgIpc) is 2.85. The van der Waals surface area contributed by atoms with E-state index in [-0.39, 0.29) is 40.1 Å². The van der Waals surface area contributed by atoms with Crippen molar-refractivity contribution < 1.29 is 28.5 Å². The van der Waals surface area contributed by atoms with Gasteiger partial charge in [0.15, 0.2) is 22.9 Å². The number of fused-ring (bicyclic) bond motifs is 1. The summed E-state index contributed by atoms with van der Waals surface area (Å²) in [4.78, 5) is 25.2. The Morgan fingerprint density at radius 1 is 1.17 bits per heavy atom. The predicted octanol–water partition coefficient (Wildman–Crippen LogP) is 2.81. The van der Waals surface area contributed by atoms with Crippen LogP contribution < -0.4 is 14.2 Å². The number of hydrogen-bond acceptors (Lipinski definition) is 6. The normalized spacial score (nSPS) is 25.2. The van der Waals surface area contributed by atoms with E-state index in [9.17, 15) is 9.59 Å². The summed E-state index contributed by atoms with van der Waals surface area (Å²) < 4.78 is 21.6. The summed E-state index contributed by atoms with van der Waals surface area (Å²) in [5, 5.41) is 0.190. The van der Waals surface area contributed by atoms with Gasteiger partial charge in [-0.3, -0.25) is 9.59 Å². The minimum atomic E-state index is -1.33. The van der Waals surface area contributed by atoms with E-state index in [1.54, 1.807) is 13.0 Å². The van der Waals surface area contributed by atoms with Crippen molar-refractivity contribution in [2.75, 3.05) is 21.3 Å². The van der Waals surface area contributed by atoms with Gasteiger partial charge in [-0.15, -0.1) is 0 Å². The number of benzene rings is 1. The second kappa shape index (κ2) is 5.70. The second-order valence-corrected chi connectivity index (χ2v) is 6.18. The minimum absolute atomic E-state index is 0.108. The van der Waals surface area contributed by atoms with Crippen LogP contribution in [-0.4, -0.2) is 38.5 Å². The lowest BCUT2D eigenvalue weighted by atomic mass is 9.79. The van der Waals surface area contributed by atoms with Crippen LogP contribution >= 0.6 is 11.6 Å². The van der Waals surface area contributed by atoms with Crippen LogP contribution in [0, 0.1) is 5.92 Å². The highest BCUT2D eigenvalue weighted by Gasteiger charge is 2.54. The topological polar surface area (TPSA) is 71.1 Å². The number of halogens is 1. The maximum absolute atomic E-state index is 13.1. The van der Waals surface area contributed by atoms with Crippen LogP contribution in [0.5, 0.6) is 17.2 Å². The highest BCUT2D eigenvalue weighted by Crippen LogP contribution is 2.52. The molecule has 0 saturated heterocycles. The Labute approximate surface area is 144 Å². The molecule has 1 aromatic carbocycles. The van der Waals surface area contributed by atoms with Gasteiger partial charge >= 0.3 is 0 Å². The molecular formula is C17H17ClO6. The first-order chi connectivity index (χ1) is 11.4. The lowest BCUT2D eigenvalue weighted by Crippen LogP contribution is -2.45. The molecule has 24 heavy (non-hydrogen) atoms. The third kappa shape index (κ3) is 2.17. The molecule has 1 spiro atoms. The Morgan fingerprint density at radius 2 is 1.83 bits per heavy atom. The largest absolute Gasteiger partial charge is 0.496 e. The van der Waals surface area contributed by atoms with Gasteiger partial charge in [0, 0.05) is 24.5 Å². The Hall–Kier alpha value is -2.21. The predicted molar refractivity (Wildman–Crippen MR) is 86.1 cm³/mol. The maximum atomic E-state index is 13.1. The number of ether oxygens (including phenoxy) is 4. The molecule has 2 atom stereocenters. The van der Waals surface area contributed by atoms with E-state index in [1.807, 2.05) is 0 Å². The van der Waals surface area contributed by atoms with Gasteiger partial charge in [-0.05, 0) is 0 Å². The molecule has 0 amide bonds. The van der Waals surface area contributed by atoms with Crippen LogP contribution in [0.4, 0.5) is 0 Å². The monoisotopic (exact) mass is 352 g/mol. The number of rotatable bonds is 3. The summed E-state index contributed by atoms with van der Waals surface area (Å²) in [7, 11) is 4.30. The molecular weight excluding hydrogens is 336 g/mol. The zero-order valence-corrected chi connectivity index (χ0v) is 14.5. The van der Waals surface area contributed by atoms with E-state index in [2.05, 4.69) is 0 Å². The van der Waals surface area contributed by atoms with E-state index in [1.165, 1.54) is 27.4 Å². The number of methoxy groups -OCH3 is 3. The fourth-order valence-electron chi connectivity index (χ4n) is 3.17. The summed E-state index contributed by atoms with van der Waals surface area (Å²) in [6, 6.07) is 1.54. The molecule has 1 aliphatic heterocycles. The van der Waals surface area contributed by atoms with Crippen molar-refractivity contribution in [1.82, 2.24) is 0 Å². The molecule has 0 bridgehead atoms. The highest BCUT2D eigenvalue weighted by molar-refractivity contribution is 6.35. The Bertz CT molecular complexity index is 769. The van der Waals surface area contributed by atoms with E-state index >= 15 is 0 Å². The second-order valence-electron chi connectivity index (χ2n) is 5.80. The molecule has 0 aromatic heterocycles. The van der Waals surface area contributed by atoms with E-state index < -0.39 is 11.5 Å². The third-order valence-corrected chi connectivity index (χ3v) is 4.73. The third-order valence-electron chi connectivity index (χ3n) is 4.37. The average molecular weight is 353 g/mol. The fraction of sp³-hybridized carbons (Fsp3) is 0.412. The lowest BCUT2D eigenvalue weighted by Gasteiger charge is -2.31. The van der Waals surface area contributed by atoms with Gasteiger partial charge in [-0.25, -0.2) is 0 Å². The smallest absolute Gasteiger partial charge is 0.218 e. The van der Waals surface area contributed by atoms with Crippen molar-refractivity contribution in [3.8, 4) is 17.2 Å². The number of carbonyl (C=O) groups is 2. The summed E-state index contributed by atoms with van der Waals surface area (Å²) in [6.07, 6.45) is 1.63. The summed E-state index contributed by atoms with van der Waals surface area (Å²) in [5.74, 6) is 0.0647. The molecule has 128 valence electrons. The molecule has 7 heteroatoms. The van der Waals surface area contributed by atoms with Gasteiger partial charge < -0.3 is 18.9 Å². The van der Waals surface area contributed by atoms with Crippen molar-refractivity contribution in [2.24, 2.45) is 5.92 Å². The van der Waals surface area contributed by atoms with Crippen LogP contribution in [-0.2, 0) is 9.53 Å². The molecule has 1 aromatic rings. The lowest BCUT2D eigenvalue weighted by molar-refractivity contribution is -0.123. The zero-order chi connectivity index (χ0) is 17.6. The Morgan fingerprint density at radius 3 is 2.42 bits per heavy atom. The van der Waals surface area contributed by atoms with Gasteiger partial charge in [0.2, 0.25) is 5.78 Å². The summed E-state index contributed by atoms with van der Waals surface area (Å²) in [5.41, 5.74) is -1.08. The van der Waals surface area contributed by atoms with Crippen LogP contribution in [0.1, 0.15) is 23.7 Å². The molecule has 1 heterocycles. The van der Waals surface area contributed by atoms with Gasteiger partial charge in [0.05, 0.1) is 21.3 Å². The van der Waals surface area contributed by atoms with Crippen molar-refractivity contribution in [3.05, 3.63) is 28.5 Å². The van der Waals surface area contributed by atoms with Gasteiger partial charge in [-0.1, -0.05) is 18.5 Å². The van der Waals surface area contributed by atoms with E-state index in [0.29, 0.717) is 11.5 Å². The van der Waals surface area contributed by atoms with E-state index in [0.717, 1.165) is 0 Å². The quantitative estimate of drug-likeness (QED) is 0.833. The standard InChI is InChI=1S/C17H17ClO6/c1-8-6-17(7-11(23-4)14(8)19)16(20)12-9(21-2)5-10(22-3)13(18)15(12)24-17/h5,7-8H,6H2,1-4H3/t8-,17+/m1/s1. The first-order valence-electron chi connectivity index (χ1n) is 7.38. The molecule has 0 N–H and O–H groups in total. The molecule has 0 fully saturated rings. The van der Waals surface area contributed by atoms with Crippen molar-refractivity contribution >= 4 is 23.2 Å². The first kappa shape index (κ1) is 16.6. The van der Waals surface area contributed by atoms with Crippen molar-refractivity contribution in [2.45, 2.75) is 18.9 Å². The van der Waals surface area contributed by atoms with Gasteiger partial charge in [-0.2, -0.15) is 0 Å². The Balaban J connectivity index is 2.20. The van der Waals surface area contributed by atoms with Gasteiger partial charge in [0.25, 0.3) is 0 Å². The highest BCUT2D eigenvalue weighted by atomic mass is 35.5. The van der Waals surface area contributed by atoms with Crippen molar-refractivity contribution in [1.29, 1.82) is 0 Å². The maximum Gasteiger partial charge on any atom is 0.218 e. The molecule has 0 radical (unpaired) electrons. The zero-order valence-electron chi connectivity index (χ0n) is 13.8. The molecule has 2 aliphatic rings. The first-order valence-corrected chi connectivity index (χ1v) is 7.75. The number of Topliss-reactive ketones (excluding diaryl/α,β-unsaturated/α-hetero) is 2. The van der Waals surface area contributed by atoms with Crippen LogP contribution in [0.3, 0.4) is 0 Å². The molecule has 6 nitrogen and oxygen atoms in total. The van der Waals surface area contributed by atoms with Crippen molar-refractivity contribution in [3.63, 3.8) is 0 Å².